The van der Waals surface area contributed by atoms with E-state index in [4.69, 9.17) is 4.74 Å². The van der Waals surface area contributed by atoms with Gasteiger partial charge in [-0.25, -0.2) is 0 Å². The van der Waals surface area contributed by atoms with Crippen LogP contribution in [0.3, 0.4) is 0 Å². The predicted molar refractivity (Wildman–Crippen MR) is 55.8 cm³/mol. The number of hydrogen-bond acceptors (Lipinski definition) is 2. The summed E-state index contributed by atoms with van der Waals surface area (Å²) in [5, 5.41) is 10.6. The van der Waals surface area contributed by atoms with E-state index in [-0.39, 0.29) is 11.5 Å². The molecule has 2 rings (SSSR count). The van der Waals surface area contributed by atoms with Gasteiger partial charge in [0.1, 0.15) is 11.4 Å². The zero-order valence-electron chi connectivity index (χ0n) is 9.34. The van der Waals surface area contributed by atoms with Gasteiger partial charge in [0.2, 0.25) is 0 Å². The zero-order chi connectivity index (χ0) is 10.4. The van der Waals surface area contributed by atoms with E-state index in [0.717, 1.165) is 31.4 Å². The van der Waals surface area contributed by atoms with Crippen LogP contribution < -0.4 is 0 Å². The van der Waals surface area contributed by atoms with Crippen molar-refractivity contribution >= 4 is 0 Å². The number of aliphatic hydroxyl groups is 1. The Labute approximate surface area is 86.0 Å². The summed E-state index contributed by atoms with van der Waals surface area (Å²) in [5.74, 6) is 0.826. The highest BCUT2D eigenvalue weighted by Gasteiger charge is 2.52. The molecule has 2 aliphatic rings. The maximum atomic E-state index is 10.6. The molecule has 2 heteroatoms. The lowest BCUT2D eigenvalue weighted by Gasteiger charge is -2.37. The average molecular weight is 196 g/mol. The first-order valence-electron chi connectivity index (χ1n) is 5.55. The largest absolute Gasteiger partial charge is 0.492 e. The van der Waals surface area contributed by atoms with E-state index in [1.165, 1.54) is 0 Å². The van der Waals surface area contributed by atoms with Crippen LogP contribution in [-0.2, 0) is 4.74 Å². The number of ether oxygens (including phenoxy) is 1. The van der Waals surface area contributed by atoms with Gasteiger partial charge < -0.3 is 9.84 Å². The molecule has 0 amide bonds. The minimum absolute atomic E-state index is 0.0388. The summed E-state index contributed by atoms with van der Waals surface area (Å²) in [6.45, 7) is 6.31. The van der Waals surface area contributed by atoms with Gasteiger partial charge in [0.25, 0.3) is 0 Å². The third kappa shape index (κ3) is 1.28. The fraction of sp³-hybridized carbons (Fsp3) is 0.833. The first kappa shape index (κ1) is 10.0. The Morgan fingerprint density at radius 3 is 2.57 bits per heavy atom. The molecule has 0 radical (unpaired) electrons. The molecule has 14 heavy (non-hydrogen) atoms. The van der Waals surface area contributed by atoms with Gasteiger partial charge in [-0.3, -0.25) is 0 Å². The Morgan fingerprint density at radius 2 is 2.14 bits per heavy atom. The first-order chi connectivity index (χ1) is 6.46. The van der Waals surface area contributed by atoms with E-state index in [1.807, 2.05) is 0 Å². The Kier molecular flexibility index (Phi) is 2.15. The van der Waals surface area contributed by atoms with Gasteiger partial charge >= 0.3 is 0 Å². The molecule has 0 aromatic heterocycles. The van der Waals surface area contributed by atoms with E-state index in [9.17, 15) is 5.11 Å². The standard InChI is InChI=1S/C12H20O2/c1-9-5-6-10(14-9)12(13)8-4-7-11(12,2)3/h6,9,13H,4-5,7-8H2,1-3H3. The van der Waals surface area contributed by atoms with Crippen molar-refractivity contribution in [3.63, 3.8) is 0 Å². The van der Waals surface area contributed by atoms with Crippen LogP contribution in [0, 0.1) is 5.41 Å². The van der Waals surface area contributed by atoms with Crippen LogP contribution in [0.2, 0.25) is 0 Å². The van der Waals surface area contributed by atoms with Crippen LogP contribution in [-0.4, -0.2) is 16.8 Å². The molecular weight excluding hydrogens is 176 g/mol. The fourth-order valence-corrected chi connectivity index (χ4v) is 2.64. The normalized spacial score (nSPS) is 40.9. The topological polar surface area (TPSA) is 29.5 Å². The van der Waals surface area contributed by atoms with E-state index >= 15 is 0 Å². The van der Waals surface area contributed by atoms with Crippen LogP contribution in [0.5, 0.6) is 0 Å². The summed E-state index contributed by atoms with van der Waals surface area (Å²) in [6, 6.07) is 0. The van der Waals surface area contributed by atoms with Gasteiger partial charge in [0.15, 0.2) is 0 Å². The zero-order valence-corrected chi connectivity index (χ0v) is 9.34. The molecule has 0 aromatic rings. The van der Waals surface area contributed by atoms with E-state index < -0.39 is 5.60 Å². The molecule has 0 spiro atoms. The summed E-state index contributed by atoms with van der Waals surface area (Å²) in [5.41, 5.74) is -0.749. The van der Waals surface area contributed by atoms with Gasteiger partial charge in [-0.2, -0.15) is 0 Å². The molecule has 1 aliphatic heterocycles. The lowest BCUT2D eigenvalue weighted by atomic mass is 9.76. The summed E-state index contributed by atoms with van der Waals surface area (Å²) >= 11 is 0. The fourth-order valence-electron chi connectivity index (χ4n) is 2.64. The molecule has 1 N–H and O–H groups in total. The van der Waals surface area contributed by atoms with Crippen molar-refractivity contribution in [2.75, 3.05) is 0 Å². The van der Waals surface area contributed by atoms with Gasteiger partial charge in [0, 0.05) is 11.8 Å². The van der Waals surface area contributed by atoms with Crippen molar-refractivity contribution in [1.82, 2.24) is 0 Å². The highest BCUT2D eigenvalue weighted by Crippen LogP contribution is 2.51. The molecule has 1 saturated carbocycles. The molecular formula is C12H20O2. The Balaban J connectivity index is 2.24. The Morgan fingerprint density at radius 1 is 1.43 bits per heavy atom. The summed E-state index contributed by atoms with van der Waals surface area (Å²) in [4.78, 5) is 0. The van der Waals surface area contributed by atoms with E-state index in [0.29, 0.717) is 0 Å². The maximum Gasteiger partial charge on any atom is 0.126 e. The van der Waals surface area contributed by atoms with Gasteiger partial charge in [-0.1, -0.05) is 13.8 Å². The van der Waals surface area contributed by atoms with E-state index in [2.05, 4.69) is 26.8 Å². The van der Waals surface area contributed by atoms with Crippen molar-refractivity contribution in [2.45, 2.75) is 58.2 Å². The third-order valence-corrected chi connectivity index (χ3v) is 3.83. The Hall–Kier alpha value is -0.500. The molecule has 0 bridgehead atoms. The smallest absolute Gasteiger partial charge is 0.126 e. The molecule has 80 valence electrons. The third-order valence-electron chi connectivity index (χ3n) is 3.83. The summed E-state index contributed by atoms with van der Waals surface area (Å²) in [6.07, 6.45) is 6.27. The van der Waals surface area contributed by atoms with Crippen LogP contribution in [0.4, 0.5) is 0 Å². The van der Waals surface area contributed by atoms with Crippen molar-refractivity contribution < 1.29 is 9.84 Å². The number of hydrogen-bond donors (Lipinski definition) is 1. The molecule has 0 aromatic carbocycles. The van der Waals surface area contributed by atoms with E-state index in [1.54, 1.807) is 0 Å². The van der Waals surface area contributed by atoms with Gasteiger partial charge in [-0.05, 0) is 32.3 Å². The van der Waals surface area contributed by atoms with Crippen molar-refractivity contribution in [3.8, 4) is 0 Å². The van der Waals surface area contributed by atoms with Crippen LogP contribution in [0.15, 0.2) is 11.8 Å². The molecule has 1 aliphatic carbocycles. The average Bonchev–Trinajstić information content (AvgIpc) is 2.60. The lowest BCUT2D eigenvalue weighted by Crippen LogP contribution is -2.42. The second-order valence-corrected chi connectivity index (χ2v) is 5.33. The molecule has 0 saturated heterocycles. The predicted octanol–water partition coefficient (Wildman–Crippen LogP) is 2.62. The second-order valence-electron chi connectivity index (χ2n) is 5.33. The summed E-state index contributed by atoms with van der Waals surface area (Å²) in [7, 11) is 0. The molecule has 2 unspecified atom stereocenters. The van der Waals surface area contributed by atoms with Crippen LogP contribution >= 0.6 is 0 Å². The van der Waals surface area contributed by atoms with Crippen molar-refractivity contribution in [3.05, 3.63) is 11.8 Å². The molecule has 1 heterocycles. The SMILES string of the molecule is CC1CC=C(C2(O)CCCC2(C)C)O1. The lowest BCUT2D eigenvalue weighted by molar-refractivity contribution is -0.0587. The minimum Gasteiger partial charge on any atom is -0.492 e. The Bertz CT molecular complexity index is 267. The second kappa shape index (κ2) is 2.99. The number of rotatable bonds is 1. The molecule has 1 fully saturated rings. The highest BCUT2D eigenvalue weighted by atomic mass is 16.5. The van der Waals surface area contributed by atoms with Gasteiger partial charge in [0.05, 0.1) is 6.10 Å². The quantitative estimate of drug-likeness (QED) is 0.698. The van der Waals surface area contributed by atoms with Crippen molar-refractivity contribution in [1.29, 1.82) is 0 Å². The van der Waals surface area contributed by atoms with Crippen LogP contribution in [0.1, 0.15) is 46.5 Å². The highest BCUT2D eigenvalue weighted by molar-refractivity contribution is 5.21. The monoisotopic (exact) mass is 196 g/mol. The maximum absolute atomic E-state index is 10.6. The minimum atomic E-state index is -0.711. The van der Waals surface area contributed by atoms with Gasteiger partial charge in [-0.15, -0.1) is 0 Å². The van der Waals surface area contributed by atoms with Crippen LogP contribution in [0.25, 0.3) is 0 Å². The first-order valence-corrected chi connectivity index (χ1v) is 5.55. The summed E-state index contributed by atoms with van der Waals surface area (Å²) < 4.78 is 5.69. The molecule has 2 atom stereocenters. The molecule has 2 nitrogen and oxygen atoms in total. The van der Waals surface area contributed by atoms with Crippen molar-refractivity contribution in [2.24, 2.45) is 5.41 Å².